The second kappa shape index (κ2) is 8.51. The molecule has 2 aromatic carbocycles. The van der Waals surface area contributed by atoms with Gasteiger partial charge < -0.3 is 9.47 Å². The molecular formula is C27H27ClN2O4. The number of nitrogens with zero attached hydrogens (tertiary/aromatic N) is 2. The van der Waals surface area contributed by atoms with Crippen molar-refractivity contribution in [3.63, 3.8) is 0 Å². The largest absolute Gasteiger partial charge is 0.449 e. The van der Waals surface area contributed by atoms with E-state index in [1.165, 1.54) is 5.56 Å². The molecule has 2 heterocycles. The molecule has 7 heteroatoms. The first-order valence-corrected chi connectivity index (χ1v) is 11.9. The molecule has 3 aliphatic rings. The third kappa shape index (κ3) is 3.57. The van der Waals surface area contributed by atoms with Crippen LogP contribution in [0.15, 0.2) is 66.0 Å². The van der Waals surface area contributed by atoms with Crippen LogP contribution < -0.4 is 4.90 Å². The van der Waals surface area contributed by atoms with Crippen LogP contribution in [-0.4, -0.2) is 36.8 Å². The van der Waals surface area contributed by atoms with Gasteiger partial charge in [0.25, 0.3) is 0 Å². The number of hydrogen-bond acceptors (Lipinski definition) is 4. The SMILES string of the molecule is CCOC(=O)N1C2=C[C@H](c3ccc(C)cc3)/C(=C/N3CCOC3=O)C[C@]2(C)c2c(Cl)cccc21. The van der Waals surface area contributed by atoms with Gasteiger partial charge in [0.1, 0.15) is 6.61 Å². The highest BCUT2D eigenvalue weighted by Gasteiger charge is 2.51. The van der Waals surface area contributed by atoms with Crippen molar-refractivity contribution < 1.29 is 19.1 Å². The van der Waals surface area contributed by atoms with Gasteiger partial charge in [0.2, 0.25) is 0 Å². The summed E-state index contributed by atoms with van der Waals surface area (Å²) in [4.78, 5) is 28.7. The number of benzene rings is 2. The monoisotopic (exact) mass is 478 g/mol. The summed E-state index contributed by atoms with van der Waals surface area (Å²) >= 11 is 6.73. The molecule has 1 saturated heterocycles. The van der Waals surface area contributed by atoms with Crippen molar-refractivity contribution in [1.82, 2.24) is 4.90 Å². The minimum Gasteiger partial charge on any atom is -0.449 e. The maximum atomic E-state index is 13.1. The average molecular weight is 479 g/mol. The number of hydrogen-bond donors (Lipinski definition) is 0. The van der Waals surface area contributed by atoms with Crippen LogP contribution in [0.4, 0.5) is 15.3 Å². The van der Waals surface area contributed by atoms with Crippen molar-refractivity contribution in [2.45, 2.75) is 38.5 Å². The Bertz CT molecular complexity index is 1220. The Hall–Kier alpha value is -3.25. The van der Waals surface area contributed by atoms with E-state index in [4.69, 9.17) is 21.1 Å². The van der Waals surface area contributed by atoms with E-state index >= 15 is 0 Å². The lowest BCUT2D eigenvalue weighted by atomic mass is 9.68. The predicted octanol–water partition coefficient (Wildman–Crippen LogP) is 6.29. The lowest BCUT2D eigenvalue weighted by molar-refractivity contribution is 0.161. The van der Waals surface area contributed by atoms with E-state index in [-0.39, 0.29) is 18.6 Å². The molecule has 0 saturated carbocycles. The molecular weight excluding hydrogens is 452 g/mol. The normalized spacial score (nSPS) is 24.6. The number of amides is 2. The minimum atomic E-state index is -0.558. The van der Waals surface area contributed by atoms with Gasteiger partial charge in [0.15, 0.2) is 0 Å². The predicted molar refractivity (Wildman–Crippen MR) is 131 cm³/mol. The van der Waals surface area contributed by atoms with E-state index < -0.39 is 11.5 Å². The summed E-state index contributed by atoms with van der Waals surface area (Å²) < 4.78 is 10.6. The van der Waals surface area contributed by atoms with E-state index in [9.17, 15) is 9.59 Å². The van der Waals surface area contributed by atoms with Crippen molar-refractivity contribution in [1.29, 1.82) is 0 Å². The van der Waals surface area contributed by atoms with Gasteiger partial charge in [-0.3, -0.25) is 4.90 Å². The van der Waals surface area contributed by atoms with E-state index in [1.807, 2.05) is 24.4 Å². The van der Waals surface area contributed by atoms with Gasteiger partial charge in [-0.25, -0.2) is 14.5 Å². The number of carbonyl (C=O) groups is 2. The Labute approximate surface area is 204 Å². The molecule has 2 atom stereocenters. The van der Waals surface area contributed by atoms with Crippen LogP contribution in [0, 0.1) is 6.92 Å². The molecule has 6 nitrogen and oxygen atoms in total. The molecule has 1 aliphatic carbocycles. The Morgan fingerprint density at radius 2 is 2.03 bits per heavy atom. The summed E-state index contributed by atoms with van der Waals surface area (Å²) in [6, 6.07) is 14.0. The standard InChI is InChI=1S/C27H27ClN2O4/c1-4-33-26(32)30-22-7-5-6-21(28)24(22)27(3)15-19(16-29-12-13-34-25(29)31)20(14-23(27)30)18-10-8-17(2)9-11-18/h5-11,14,16,20H,4,12-13,15H2,1-3H3/b19-16+/t20-,27+/m1/s1. The highest BCUT2D eigenvalue weighted by molar-refractivity contribution is 6.32. The first kappa shape index (κ1) is 22.5. The quantitative estimate of drug-likeness (QED) is 0.520. The Kier molecular flexibility index (Phi) is 5.64. The molecule has 2 amide bonds. The molecule has 0 unspecified atom stereocenters. The molecule has 2 aromatic rings. The van der Waals surface area contributed by atoms with Crippen molar-refractivity contribution in [2.24, 2.45) is 0 Å². The average Bonchev–Trinajstić information content (AvgIpc) is 3.32. The van der Waals surface area contributed by atoms with Gasteiger partial charge >= 0.3 is 12.2 Å². The Morgan fingerprint density at radius 3 is 2.71 bits per heavy atom. The number of allylic oxidation sites excluding steroid dienone is 3. The lowest BCUT2D eigenvalue weighted by Crippen LogP contribution is -2.37. The highest BCUT2D eigenvalue weighted by atomic mass is 35.5. The zero-order valence-electron chi connectivity index (χ0n) is 19.5. The Balaban J connectivity index is 1.71. The van der Waals surface area contributed by atoms with Crippen LogP contribution in [0.25, 0.3) is 0 Å². The number of cyclic esters (lactones) is 1. The Morgan fingerprint density at radius 1 is 1.26 bits per heavy atom. The molecule has 0 bridgehead atoms. The van der Waals surface area contributed by atoms with Crippen molar-refractivity contribution in [3.05, 3.63) is 87.7 Å². The molecule has 176 valence electrons. The van der Waals surface area contributed by atoms with Crippen LogP contribution in [0.2, 0.25) is 5.02 Å². The maximum absolute atomic E-state index is 13.1. The number of carbonyl (C=O) groups excluding carboxylic acids is 2. The lowest BCUT2D eigenvalue weighted by Gasteiger charge is -2.38. The fraction of sp³-hybridized carbons (Fsp3) is 0.333. The molecule has 5 rings (SSSR count). The molecule has 2 aliphatic heterocycles. The third-order valence-electron chi connectivity index (χ3n) is 6.87. The third-order valence-corrected chi connectivity index (χ3v) is 7.19. The zero-order chi connectivity index (χ0) is 24.0. The van der Waals surface area contributed by atoms with Gasteiger partial charge in [-0.2, -0.15) is 0 Å². The number of fused-ring (bicyclic) bond motifs is 3. The number of anilines is 1. The number of halogens is 1. The zero-order valence-corrected chi connectivity index (χ0v) is 20.3. The van der Waals surface area contributed by atoms with Crippen LogP contribution in [0.3, 0.4) is 0 Å². The van der Waals surface area contributed by atoms with E-state index in [2.05, 4.69) is 44.2 Å². The summed E-state index contributed by atoms with van der Waals surface area (Å²) in [5.74, 6) is -0.123. The summed E-state index contributed by atoms with van der Waals surface area (Å²) in [7, 11) is 0. The summed E-state index contributed by atoms with van der Waals surface area (Å²) in [6.45, 7) is 7.12. The summed E-state index contributed by atoms with van der Waals surface area (Å²) in [5.41, 5.74) is 5.24. The van der Waals surface area contributed by atoms with E-state index in [1.54, 1.807) is 16.7 Å². The molecule has 0 spiro atoms. The van der Waals surface area contributed by atoms with Gasteiger partial charge in [0, 0.05) is 33.8 Å². The van der Waals surface area contributed by atoms with Crippen LogP contribution in [0.5, 0.6) is 0 Å². The number of rotatable bonds is 3. The van der Waals surface area contributed by atoms with Gasteiger partial charge in [-0.1, -0.05) is 53.6 Å². The minimum absolute atomic E-state index is 0.123. The molecule has 0 N–H and O–H groups in total. The molecule has 0 radical (unpaired) electrons. The van der Waals surface area contributed by atoms with E-state index in [0.717, 1.165) is 28.1 Å². The van der Waals surface area contributed by atoms with Crippen LogP contribution in [0.1, 0.15) is 42.9 Å². The van der Waals surface area contributed by atoms with Crippen molar-refractivity contribution in [3.8, 4) is 0 Å². The van der Waals surface area contributed by atoms with Crippen LogP contribution >= 0.6 is 11.6 Å². The van der Waals surface area contributed by atoms with Gasteiger partial charge in [0.05, 0.1) is 18.8 Å². The van der Waals surface area contributed by atoms with Gasteiger partial charge in [-0.05, 0) is 50.5 Å². The smallest absolute Gasteiger partial charge is 0.418 e. The van der Waals surface area contributed by atoms with Gasteiger partial charge in [-0.15, -0.1) is 0 Å². The second-order valence-corrected chi connectivity index (χ2v) is 9.54. The molecule has 34 heavy (non-hydrogen) atoms. The summed E-state index contributed by atoms with van der Waals surface area (Å²) in [6.07, 6.45) is 3.87. The molecule has 1 fully saturated rings. The fourth-order valence-electron chi connectivity index (χ4n) is 5.29. The topological polar surface area (TPSA) is 59.1 Å². The molecule has 0 aromatic heterocycles. The number of aryl methyl sites for hydroxylation is 1. The first-order valence-electron chi connectivity index (χ1n) is 11.5. The first-order chi connectivity index (χ1) is 16.3. The number of ether oxygens (including phenoxy) is 2. The highest BCUT2D eigenvalue weighted by Crippen LogP contribution is 2.58. The maximum Gasteiger partial charge on any atom is 0.418 e. The second-order valence-electron chi connectivity index (χ2n) is 9.13. The fourth-order valence-corrected chi connectivity index (χ4v) is 5.67. The van der Waals surface area contributed by atoms with Crippen molar-refractivity contribution in [2.75, 3.05) is 24.7 Å². The summed E-state index contributed by atoms with van der Waals surface area (Å²) in [5, 5.41) is 0.603. The van der Waals surface area contributed by atoms with Crippen LogP contribution in [-0.2, 0) is 14.9 Å². The van der Waals surface area contributed by atoms with Crippen molar-refractivity contribution >= 4 is 29.5 Å². The van der Waals surface area contributed by atoms with E-state index in [0.29, 0.717) is 24.6 Å².